The van der Waals surface area contributed by atoms with Crippen LogP contribution in [0.2, 0.25) is 0 Å². The number of tetrazole rings is 1. The van der Waals surface area contributed by atoms with E-state index in [2.05, 4.69) is 25.9 Å². The molecule has 2 aromatic carbocycles. The average Bonchev–Trinajstić information content (AvgIpc) is 3.54. The number of nitrogens with two attached hydrogens (primary N) is 1. The van der Waals surface area contributed by atoms with Gasteiger partial charge in [-0.2, -0.15) is 5.21 Å². The van der Waals surface area contributed by atoms with Crippen molar-refractivity contribution in [2.75, 3.05) is 4.90 Å². The number of carbonyl (C=O) groups is 2. The van der Waals surface area contributed by atoms with Gasteiger partial charge in [-0.05, 0) is 66.1 Å². The number of H-pyrrole nitrogens is 1. The van der Waals surface area contributed by atoms with Crippen LogP contribution in [-0.4, -0.2) is 44.0 Å². The normalized spacial score (nSPS) is 15.8. The van der Waals surface area contributed by atoms with E-state index in [1.807, 2.05) is 60.0 Å². The van der Waals surface area contributed by atoms with Crippen LogP contribution >= 0.6 is 11.3 Å². The maximum Gasteiger partial charge on any atom is 0.249 e. The molecule has 0 saturated carbocycles. The predicted molar refractivity (Wildman–Crippen MR) is 144 cm³/mol. The molecule has 37 heavy (non-hydrogen) atoms. The smallest absolute Gasteiger partial charge is 0.249 e. The summed E-state index contributed by atoms with van der Waals surface area (Å²) in [5.74, 6) is 0.225. The molecule has 2 amide bonds. The van der Waals surface area contributed by atoms with Crippen molar-refractivity contribution in [3.8, 4) is 21.8 Å². The van der Waals surface area contributed by atoms with Gasteiger partial charge in [0.25, 0.3) is 0 Å². The molecule has 5 rings (SSSR count). The Bertz CT molecular complexity index is 1390. The van der Waals surface area contributed by atoms with Gasteiger partial charge in [-0.3, -0.25) is 9.59 Å². The summed E-state index contributed by atoms with van der Waals surface area (Å²) in [6.07, 6.45) is 1.39. The van der Waals surface area contributed by atoms with E-state index in [-0.39, 0.29) is 18.2 Å². The highest BCUT2D eigenvalue weighted by atomic mass is 32.1. The number of thiophene rings is 1. The summed E-state index contributed by atoms with van der Waals surface area (Å²) in [6.45, 7) is 4.00. The fourth-order valence-electron chi connectivity index (χ4n) is 4.60. The Morgan fingerprint density at radius 1 is 1.19 bits per heavy atom. The number of hydrogen-bond donors (Lipinski definition) is 3. The minimum absolute atomic E-state index is 0.116. The van der Waals surface area contributed by atoms with Gasteiger partial charge in [-0.25, -0.2) is 0 Å². The van der Waals surface area contributed by atoms with Crippen LogP contribution in [-0.2, 0) is 22.6 Å². The van der Waals surface area contributed by atoms with E-state index in [4.69, 9.17) is 5.73 Å². The number of anilines is 1. The lowest BCUT2D eigenvalue weighted by Crippen LogP contribution is -2.49. The van der Waals surface area contributed by atoms with Crippen molar-refractivity contribution in [1.82, 2.24) is 25.9 Å². The second-order valence-electron chi connectivity index (χ2n) is 9.97. The standard InChI is InChI=1S/C27H29N7O2S/c1-27(2,28)15-23(35)29-21-12-11-18-5-3-4-6-22(18)34(26(21)36)16-17-7-9-19(10-8-17)24-20(13-14-37-24)25-30-32-33-31-25/h3-10,13-14,21H,11-12,15-16,28H2,1-2H3,(H,29,35)(H,30,31,32,33)/t21-/m1/s1. The summed E-state index contributed by atoms with van der Waals surface area (Å²) < 4.78 is 0. The first-order valence-corrected chi connectivity index (χ1v) is 13.0. The van der Waals surface area contributed by atoms with Gasteiger partial charge in [0.1, 0.15) is 6.04 Å². The van der Waals surface area contributed by atoms with Crippen LogP contribution in [0, 0.1) is 0 Å². The number of aromatic nitrogens is 4. The van der Waals surface area contributed by atoms with E-state index >= 15 is 0 Å². The maximum absolute atomic E-state index is 13.7. The third kappa shape index (κ3) is 5.60. The van der Waals surface area contributed by atoms with Gasteiger partial charge in [-0.15, -0.1) is 21.5 Å². The van der Waals surface area contributed by atoms with Crippen molar-refractivity contribution in [1.29, 1.82) is 0 Å². The monoisotopic (exact) mass is 515 g/mol. The molecule has 0 aliphatic carbocycles. The van der Waals surface area contributed by atoms with Crippen LogP contribution in [0.1, 0.15) is 37.8 Å². The van der Waals surface area contributed by atoms with Gasteiger partial charge >= 0.3 is 0 Å². The van der Waals surface area contributed by atoms with E-state index in [9.17, 15) is 9.59 Å². The van der Waals surface area contributed by atoms with Crippen molar-refractivity contribution in [3.63, 3.8) is 0 Å². The summed E-state index contributed by atoms with van der Waals surface area (Å²) in [5.41, 5.74) is 10.3. The Balaban J connectivity index is 1.39. The van der Waals surface area contributed by atoms with Crippen LogP contribution in [0.5, 0.6) is 0 Å². The second-order valence-corrected chi connectivity index (χ2v) is 10.9. The maximum atomic E-state index is 13.7. The lowest BCUT2D eigenvalue weighted by atomic mass is 10.0. The SMILES string of the molecule is CC(C)(N)CC(=O)N[C@@H]1CCc2ccccc2N(Cc2ccc(-c3sccc3-c3nn[nH]n3)cc2)C1=O. The van der Waals surface area contributed by atoms with E-state index in [1.54, 1.807) is 30.1 Å². The van der Waals surface area contributed by atoms with E-state index < -0.39 is 11.6 Å². The Morgan fingerprint density at radius 2 is 1.97 bits per heavy atom. The zero-order valence-electron chi connectivity index (χ0n) is 20.8. The van der Waals surface area contributed by atoms with Gasteiger partial charge in [0.15, 0.2) is 0 Å². The molecule has 0 spiro atoms. The van der Waals surface area contributed by atoms with Crippen molar-refractivity contribution in [2.45, 2.75) is 51.2 Å². The fraction of sp³-hybridized carbons (Fsp3) is 0.296. The second kappa shape index (κ2) is 10.2. The molecule has 2 aromatic heterocycles. The Labute approximate surface area is 219 Å². The number of para-hydroxylation sites is 1. The zero-order valence-corrected chi connectivity index (χ0v) is 21.6. The number of carbonyl (C=O) groups excluding carboxylic acids is 2. The fourth-order valence-corrected chi connectivity index (χ4v) is 5.50. The minimum atomic E-state index is -0.644. The highest BCUT2D eigenvalue weighted by molar-refractivity contribution is 7.14. The van der Waals surface area contributed by atoms with Crippen LogP contribution in [0.4, 0.5) is 5.69 Å². The number of amides is 2. The average molecular weight is 516 g/mol. The molecular formula is C27H29N7O2S. The quantitative estimate of drug-likeness (QED) is 0.344. The lowest BCUT2D eigenvalue weighted by Gasteiger charge is -2.27. The summed E-state index contributed by atoms with van der Waals surface area (Å²) >= 11 is 1.61. The van der Waals surface area contributed by atoms with Crippen LogP contribution in [0.25, 0.3) is 21.8 Å². The molecule has 3 heterocycles. The number of aromatic amines is 1. The van der Waals surface area contributed by atoms with E-state index in [0.29, 0.717) is 25.2 Å². The molecule has 4 aromatic rings. The predicted octanol–water partition coefficient (Wildman–Crippen LogP) is 3.69. The van der Waals surface area contributed by atoms with Gasteiger partial charge in [0.2, 0.25) is 17.6 Å². The number of nitrogens with one attached hydrogen (secondary N) is 2. The van der Waals surface area contributed by atoms with Gasteiger partial charge in [0, 0.05) is 28.1 Å². The van der Waals surface area contributed by atoms with Crippen molar-refractivity contribution >= 4 is 28.8 Å². The minimum Gasteiger partial charge on any atom is -0.344 e. The first kappa shape index (κ1) is 24.8. The Morgan fingerprint density at radius 3 is 2.70 bits per heavy atom. The number of fused-ring (bicyclic) bond motifs is 1. The van der Waals surface area contributed by atoms with Gasteiger partial charge in [-0.1, -0.05) is 42.5 Å². The number of benzene rings is 2. The number of hydrogen-bond acceptors (Lipinski definition) is 7. The molecule has 4 N–H and O–H groups in total. The number of rotatable bonds is 7. The Kier molecular flexibility index (Phi) is 6.86. The molecule has 0 unspecified atom stereocenters. The molecule has 1 atom stereocenters. The van der Waals surface area contributed by atoms with Crippen molar-refractivity contribution < 1.29 is 9.59 Å². The summed E-state index contributed by atoms with van der Waals surface area (Å²) in [7, 11) is 0. The summed E-state index contributed by atoms with van der Waals surface area (Å²) in [5, 5.41) is 19.3. The Hall–Kier alpha value is -3.89. The van der Waals surface area contributed by atoms with Gasteiger partial charge in [0.05, 0.1) is 6.54 Å². The molecule has 1 aliphatic rings. The highest BCUT2D eigenvalue weighted by Gasteiger charge is 2.32. The molecule has 190 valence electrons. The molecule has 0 fully saturated rings. The lowest BCUT2D eigenvalue weighted by molar-refractivity contribution is -0.128. The van der Waals surface area contributed by atoms with E-state index in [1.165, 1.54) is 0 Å². The molecule has 0 bridgehead atoms. The largest absolute Gasteiger partial charge is 0.344 e. The van der Waals surface area contributed by atoms with Crippen molar-refractivity contribution in [3.05, 3.63) is 71.1 Å². The third-order valence-electron chi connectivity index (χ3n) is 6.31. The molecule has 9 nitrogen and oxygen atoms in total. The molecule has 0 radical (unpaired) electrons. The number of nitrogens with zero attached hydrogens (tertiary/aromatic N) is 4. The molecule has 10 heteroatoms. The van der Waals surface area contributed by atoms with Crippen LogP contribution in [0.15, 0.2) is 60.0 Å². The summed E-state index contributed by atoms with van der Waals surface area (Å²) in [4.78, 5) is 29.1. The third-order valence-corrected chi connectivity index (χ3v) is 7.27. The number of aryl methyl sites for hydroxylation is 1. The van der Waals surface area contributed by atoms with Gasteiger partial charge < -0.3 is 16.0 Å². The first-order valence-electron chi connectivity index (χ1n) is 12.2. The zero-order chi connectivity index (χ0) is 26.0. The van der Waals surface area contributed by atoms with Crippen molar-refractivity contribution in [2.24, 2.45) is 5.73 Å². The van der Waals surface area contributed by atoms with Crippen LogP contribution < -0.4 is 16.0 Å². The molecular weight excluding hydrogens is 486 g/mol. The molecule has 1 aliphatic heterocycles. The van der Waals surface area contributed by atoms with Crippen LogP contribution in [0.3, 0.4) is 0 Å². The highest BCUT2D eigenvalue weighted by Crippen LogP contribution is 2.35. The molecule has 0 saturated heterocycles. The van der Waals surface area contributed by atoms with E-state index in [0.717, 1.165) is 32.8 Å². The topological polar surface area (TPSA) is 130 Å². The first-order chi connectivity index (χ1) is 17.8. The summed E-state index contributed by atoms with van der Waals surface area (Å²) in [6, 6.07) is 17.4.